The molecular formula is C51H94O5. The van der Waals surface area contributed by atoms with Crippen LogP contribution >= 0.6 is 0 Å². The van der Waals surface area contributed by atoms with Crippen molar-refractivity contribution in [2.45, 2.75) is 258 Å². The standard InChI is InChI=1S/C51H94O5/c1-4-7-10-13-15-17-19-21-23-25-26-27-28-30-32-34-36-39-41-44-50(52)55-48-49(56-51(53)45-42-38-12-9-6-3)47-54-46-43-40-37-35-33-31-29-24-22-20-18-16-14-11-8-5-2/h8,11,16,18,22,24,49H,4-7,9-10,12-15,17,19-21,23,25-48H2,1-3H3/b11-8-,18-16-,24-22-. The summed E-state index contributed by atoms with van der Waals surface area (Å²) in [7, 11) is 0. The Morgan fingerprint density at radius 1 is 0.411 bits per heavy atom. The molecule has 0 fully saturated rings. The fraction of sp³-hybridized carbons (Fsp3) is 0.843. The molecule has 0 aromatic carbocycles. The summed E-state index contributed by atoms with van der Waals surface area (Å²) in [4.78, 5) is 25.1. The second-order valence-electron chi connectivity index (χ2n) is 16.4. The van der Waals surface area contributed by atoms with Gasteiger partial charge in [-0.25, -0.2) is 0 Å². The monoisotopic (exact) mass is 787 g/mol. The maximum atomic E-state index is 12.6. The molecule has 0 rings (SSSR count). The molecule has 0 N–H and O–H groups in total. The van der Waals surface area contributed by atoms with E-state index in [1.54, 1.807) is 0 Å². The molecule has 0 bridgehead atoms. The normalized spacial score (nSPS) is 12.4. The van der Waals surface area contributed by atoms with Crippen molar-refractivity contribution in [1.82, 2.24) is 0 Å². The number of hydrogen-bond acceptors (Lipinski definition) is 5. The molecule has 0 saturated heterocycles. The first-order chi connectivity index (χ1) is 27.6. The third-order valence-electron chi connectivity index (χ3n) is 10.7. The Labute approximate surface area is 349 Å². The van der Waals surface area contributed by atoms with Gasteiger partial charge in [-0.2, -0.15) is 0 Å². The highest BCUT2D eigenvalue weighted by Crippen LogP contribution is 2.16. The Morgan fingerprint density at radius 2 is 0.804 bits per heavy atom. The van der Waals surface area contributed by atoms with Crippen LogP contribution in [0, 0.1) is 0 Å². The molecule has 0 aromatic heterocycles. The summed E-state index contributed by atoms with van der Waals surface area (Å²) in [6.45, 7) is 7.65. The van der Waals surface area contributed by atoms with Crippen molar-refractivity contribution in [2.75, 3.05) is 19.8 Å². The minimum Gasteiger partial charge on any atom is -0.462 e. The maximum absolute atomic E-state index is 12.6. The lowest BCUT2D eigenvalue weighted by atomic mass is 10.0. The molecule has 1 unspecified atom stereocenters. The van der Waals surface area contributed by atoms with Crippen molar-refractivity contribution in [3.8, 4) is 0 Å². The highest BCUT2D eigenvalue weighted by molar-refractivity contribution is 5.70. The first-order valence-electron chi connectivity index (χ1n) is 24.5. The fourth-order valence-corrected chi connectivity index (χ4v) is 7.05. The van der Waals surface area contributed by atoms with Gasteiger partial charge in [0.25, 0.3) is 0 Å². The van der Waals surface area contributed by atoms with E-state index in [-0.39, 0.29) is 25.2 Å². The van der Waals surface area contributed by atoms with Crippen LogP contribution < -0.4 is 0 Å². The molecule has 0 saturated carbocycles. The number of rotatable bonds is 45. The molecule has 0 heterocycles. The lowest BCUT2D eigenvalue weighted by molar-refractivity contribution is -0.163. The van der Waals surface area contributed by atoms with E-state index in [0.29, 0.717) is 19.4 Å². The van der Waals surface area contributed by atoms with Crippen molar-refractivity contribution in [3.05, 3.63) is 36.5 Å². The molecular weight excluding hydrogens is 693 g/mol. The molecule has 0 aliphatic heterocycles. The van der Waals surface area contributed by atoms with Crippen LogP contribution in [0.1, 0.15) is 252 Å². The van der Waals surface area contributed by atoms with Crippen LogP contribution in [-0.2, 0) is 23.8 Å². The SMILES string of the molecule is CC/C=C\C/C=C\C/C=C\CCCCCCCCOCC(COC(=O)CCCCCCCCCCCCCCCCCCCCC)OC(=O)CCCCCCC. The number of allylic oxidation sites excluding steroid dienone is 6. The lowest BCUT2D eigenvalue weighted by Crippen LogP contribution is -2.30. The van der Waals surface area contributed by atoms with Crippen LogP contribution in [0.4, 0.5) is 0 Å². The number of esters is 2. The van der Waals surface area contributed by atoms with Crippen molar-refractivity contribution >= 4 is 11.9 Å². The van der Waals surface area contributed by atoms with Gasteiger partial charge in [0, 0.05) is 19.4 Å². The Morgan fingerprint density at radius 3 is 1.29 bits per heavy atom. The molecule has 0 radical (unpaired) electrons. The van der Waals surface area contributed by atoms with E-state index in [1.165, 1.54) is 148 Å². The van der Waals surface area contributed by atoms with Gasteiger partial charge < -0.3 is 14.2 Å². The lowest BCUT2D eigenvalue weighted by Gasteiger charge is -2.18. The summed E-state index contributed by atoms with van der Waals surface area (Å²) in [5.74, 6) is -0.406. The number of ether oxygens (including phenoxy) is 3. The quantitative estimate of drug-likeness (QED) is 0.0349. The molecule has 0 aromatic rings. The van der Waals surface area contributed by atoms with E-state index in [1.807, 2.05) is 0 Å². The largest absolute Gasteiger partial charge is 0.462 e. The number of hydrogen-bond donors (Lipinski definition) is 0. The first-order valence-corrected chi connectivity index (χ1v) is 24.5. The van der Waals surface area contributed by atoms with Gasteiger partial charge in [0.15, 0.2) is 6.10 Å². The van der Waals surface area contributed by atoms with Crippen LogP contribution in [0.2, 0.25) is 0 Å². The maximum Gasteiger partial charge on any atom is 0.306 e. The summed E-state index contributed by atoms with van der Waals surface area (Å²) in [6.07, 6.45) is 56.1. The van der Waals surface area contributed by atoms with Crippen molar-refractivity contribution in [2.24, 2.45) is 0 Å². The van der Waals surface area contributed by atoms with Crippen molar-refractivity contribution < 1.29 is 23.8 Å². The fourth-order valence-electron chi connectivity index (χ4n) is 7.05. The average molecular weight is 787 g/mol. The van der Waals surface area contributed by atoms with Crippen LogP contribution in [0.15, 0.2) is 36.5 Å². The van der Waals surface area contributed by atoms with Gasteiger partial charge in [-0.3, -0.25) is 9.59 Å². The highest BCUT2D eigenvalue weighted by Gasteiger charge is 2.17. The predicted molar refractivity (Wildman–Crippen MR) is 242 cm³/mol. The molecule has 328 valence electrons. The van der Waals surface area contributed by atoms with Crippen molar-refractivity contribution in [1.29, 1.82) is 0 Å². The minimum absolute atomic E-state index is 0.0839. The predicted octanol–water partition coefficient (Wildman–Crippen LogP) is 16.2. The van der Waals surface area contributed by atoms with E-state index in [4.69, 9.17) is 14.2 Å². The van der Waals surface area contributed by atoms with E-state index < -0.39 is 6.10 Å². The molecule has 5 nitrogen and oxygen atoms in total. The Bertz CT molecular complexity index is 893. The van der Waals surface area contributed by atoms with Crippen LogP contribution in [0.25, 0.3) is 0 Å². The number of unbranched alkanes of at least 4 members (excludes halogenated alkanes) is 28. The Kier molecular flexibility index (Phi) is 45.9. The molecule has 0 aliphatic carbocycles. The second-order valence-corrected chi connectivity index (χ2v) is 16.4. The van der Waals surface area contributed by atoms with E-state index >= 15 is 0 Å². The topological polar surface area (TPSA) is 61.8 Å². The number of carbonyl (C=O) groups excluding carboxylic acids is 2. The van der Waals surface area contributed by atoms with Gasteiger partial charge in [0.2, 0.25) is 0 Å². The summed E-state index contributed by atoms with van der Waals surface area (Å²) in [5.41, 5.74) is 0. The summed E-state index contributed by atoms with van der Waals surface area (Å²) < 4.78 is 17.2. The summed E-state index contributed by atoms with van der Waals surface area (Å²) >= 11 is 0. The second kappa shape index (κ2) is 47.5. The van der Waals surface area contributed by atoms with Crippen LogP contribution in [0.3, 0.4) is 0 Å². The highest BCUT2D eigenvalue weighted by atomic mass is 16.6. The van der Waals surface area contributed by atoms with Gasteiger partial charge in [0.1, 0.15) is 6.61 Å². The minimum atomic E-state index is -0.534. The molecule has 56 heavy (non-hydrogen) atoms. The number of carbonyl (C=O) groups is 2. The van der Waals surface area contributed by atoms with Crippen LogP contribution in [-0.4, -0.2) is 37.9 Å². The smallest absolute Gasteiger partial charge is 0.306 e. The molecule has 0 spiro atoms. The summed E-state index contributed by atoms with van der Waals surface area (Å²) in [5, 5.41) is 0. The van der Waals surface area contributed by atoms with Crippen molar-refractivity contribution in [3.63, 3.8) is 0 Å². The summed E-state index contributed by atoms with van der Waals surface area (Å²) in [6, 6.07) is 0. The van der Waals surface area contributed by atoms with Crippen LogP contribution in [0.5, 0.6) is 0 Å². The third kappa shape index (κ3) is 44.8. The van der Waals surface area contributed by atoms with Gasteiger partial charge in [-0.05, 0) is 51.4 Å². The van der Waals surface area contributed by atoms with Gasteiger partial charge >= 0.3 is 11.9 Å². The van der Waals surface area contributed by atoms with E-state index in [2.05, 4.69) is 57.2 Å². The van der Waals surface area contributed by atoms with Gasteiger partial charge in [-0.15, -0.1) is 0 Å². The zero-order chi connectivity index (χ0) is 40.7. The third-order valence-corrected chi connectivity index (χ3v) is 10.7. The molecule has 1 atom stereocenters. The zero-order valence-electron chi connectivity index (χ0n) is 37.7. The Hall–Kier alpha value is -1.88. The molecule has 5 heteroatoms. The molecule has 0 amide bonds. The zero-order valence-corrected chi connectivity index (χ0v) is 37.7. The Balaban J connectivity index is 3.99. The average Bonchev–Trinajstić information content (AvgIpc) is 3.20. The van der Waals surface area contributed by atoms with E-state index in [0.717, 1.165) is 70.6 Å². The van der Waals surface area contributed by atoms with Gasteiger partial charge in [0.05, 0.1) is 6.61 Å². The first kappa shape index (κ1) is 54.1. The van der Waals surface area contributed by atoms with E-state index in [9.17, 15) is 9.59 Å². The van der Waals surface area contributed by atoms with Gasteiger partial charge in [-0.1, -0.05) is 224 Å². The molecule has 0 aliphatic rings.